The Bertz CT molecular complexity index is 261. The number of nitrogens with two attached hydrogens (primary N) is 1. The first-order valence-corrected chi connectivity index (χ1v) is 7.45. The van der Waals surface area contributed by atoms with Gasteiger partial charge in [-0.1, -0.05) is 6.42 Å². The summed E-state index contributed by atoms with van der Waals surface area (Å²) in [6, 6.07) is 0.490. The van der Waals surface area contributed by atoms with Crippen LogP contribution >= 0.6 is 0 Å². The molecule has 1 atom stereocenters. The molecule has 1 aliphatic heterocycles. The average molecular weight is 271 g/mol. The van der Waals surface area contributed by atoms with Gasteiger partial charge >= 0.3 is 5.97 Å². The van der Waals surface area contributed by atoms with Crippen LogP contribution < -0.4 is 5.73 Å². The van der Waals surface area contributed by atoms with E-state index < -0.39 is 0 Å². The number of carbonyl (C=O) groups excluding carboxylic acids is 1. The molecule has 1 rings (SSSR count). The molecule has 1 fully saturated rings. The van der Waals surface area contributed by atoms with Gasteiger partial charge in [-0.15, -0.1) is 0 Å². The Labute approximate surface area is 117 Å². The van der Waals surface area contributed by atoms with Gasteiger partial charge in [-0.05, 0) is 33.4 Å². The summed E-state index contributed by atoms with van der Waals surface area (Å²) < 4.78 is 4.91. The molecule has 1 aliphatic rings. The van der Waals surface area contributed by atoms with E-state index in [1.54, 1.807) is 0 Å². The molecule has 1 saturated heterocycles. The predicted octanol–water partition coefficient (Wildman–Crippen LogP) is 0.685. The molecule has 5 heteroatoms. The second-order valence-corrected chi connectivity index (χ2v) is 5.30. The van der Waals surface area contributed by atoms with Gasteiger partial charge in [-0.3, -0.25) is 9.69 Å². The number of esters is 1. The van der Waals surface area contributed by atoms with Crippen molar-refractivity contribution in [3.05, 3.63) is 0 Å². The molecule has 1 unspecified atom stereocenters. The van der Waals surface area contributed by atoms with E-state index in [2.05, 4.69) is 16.8 Å². The average Bonchev–Trinajstić information content (AvgIpc) is 2.40. The van der Waals surface area contributed by atoms with Crippen LogP contribution in [0, 0.1) is 0 Å². The minimum atomic E-state index is -0.0677. The maximum atomic E-state index is 11.2. The first kappa shape index (κ1) is 16.4. The lowest BCUT2D eigenvalue weighted by Gasteiger charge is -2.39. The lowest BCUT2D eigenvalue weighted by molar-refractivity contribution is -0.143. The van der Waals surface area contributed by atoms with Crippen molar-refractivity contribution in [3.63, 3.8) is 0 Å². The van der Waals surface area contributed by atoms with Crippen LogP contribution in [0.25, 0.3) is 0 Å². The number of likely N-dealkylation sites (N-methyl/N-ethyl adjacent to an activating group) is 1. The molecule has 0 aromatic rings. The SMILES string of the molecule is CCOC(=O)CCCCCN1CCN(C)CC1CN. The fourth-order valence-corrected chi connectivity index (χ4v) is 2.56. The molecule has 0 bridgehead atoms. The third-order valence-corrected chi connectivity index (χ3v) is 3.71. The van der Waals surface area contributed by atoms with Crippen LogP contribution in [0.15, 0.2) is 0 Å². The predicted molar refractivity (Wildman–Crippen MR) is 77.0 cm³/mol. The van der Waals surface area contributed by atoms with Crippen molar-refractivity contribution >= 4 is 5.97 Å². The molecule has 1 heterocycles. The first-order chi connectivity index (χ1) is 9.17. The Morgan fingerprint density at radius 2 is 2.11 bits per heavy atom. The van der Waals surface area contributed by atoms with Crippen molar-refractivity contribution in [1.82, 2.24) is 9.80 Å². The molecule has 5 nitrogen and oxygen atoms in total. The van der Waals surface area contributed by atoms with E-state index in [0.29, 0.717) is 19.1 Å². The highest BCUT2D eigenvalue weighted by Crippen LogP contribution is 2.10. The molecule has 0 amide bonds. The second kappa shape index (κ2) is 9.28. The highest BCUT2D eigenvalue weighted by atomic mass is 16.5. The van der Waals surface area contributed by atoms with Gasteiger partial charge in [0.25, 0.3) is 0 Å². The topological polar surface area (TPSA) is 58.8 Å². The molecule has 0 radical (unpaired) electrons. The van der Waals surface area contributed by atoms with Gasteiger partial charge in [0, 0.05) is 38.6 Å². The summed E-state index contributed by atoms with van der Waals surface area (Å²) in [7, 11) is 2.15. The van der Waals surface area contributed by atoms with Crippen molar-refractivity contribution in [2.24, 2.45) is 5.73 Å². The van der Waals surface area contributed by atoms with Gasteiger partial charge in [0.15, 0.2) is 0 Å². The quantitative estimate of drug-likeness (QED) is 0.520. The molecule has 0 saturated carbocycles. The van der Waals surface area contributed by atoms with E-state index in [1.807, 2.05) is 6.92 Å². The summed E-state index contributed by atoms with van der Waals surface area (Å²) in [5, 5.41) is 0. The van der Waals surface area contributed by atoms with Crippen LogP contribution in [0.4, 0.5) is 0 Å². The number of hydrogen-bond donors (Lipinski definition) is 1. The van der Waals surface area contributed by atoms with Crippen molar-refractivity contribution in [3.8, 4) is 0 Å². The smallest absolute Gasteiger partial charge is 0.305 e. The molecule has 0 aromatic heterocycles. The summed E-state index contributed by atoms with van der Waals surface area (Å²) in [6.07, 6.45) is 3.71. The summed E-state index contributed by atoms with van der Waals surface area (Å²) in [4.78, 5) is 16.0. The fourth-order valence-electron chi connectivity index (χ4n) is 2.56. The Balaban J connectivity index is 2.09. The fraction of sp³-hybridized carbons (Fsp3) is 0.929. The first-order valence-electron chi connectivity index (χ1n) is 7.45. The van der Waals surface area contributed by atoms with Gasteiger partial charge < -0.3 is 15.4 Å². The van der Waals surface area contributed by atoms with Gasteiger partial charge in [-0.2, -0.15) is 0 Å². The number of piperazine rings is 1. The molecule has 0 spiro atoms. The zero-order chi connectivity index (χ0) is 14.1. The molecular formula is C14H29N3O2. The lowest BCUT2D eigenvalue weighted by Crippen LogP contribution is -2.54. The zero-order valence-electron chi connectivity index (χ0n) is 12.4. The van der Waals surface area contributed by atoms with Crippen LogP contribution in [0.5, 0.6) is 0 Å². The Morgan fingerprint density at radius 1 is 1.32 bits per heavy atom. The van der Waals surface area contributed by atoms with E-state index >= 15 is 0 Å². The van der Waals surface area contributed by atoms with Gasteiger partial charge in [-0.25, -0.2) is 0 Å². The summed E-state index contributed by atoms with van der Waals surface area (Å²) in [5.74, 6) is -0.0677. The van der Waals surface area contributed by atoms with Gasteiger partial charge in [0.2, 0.25) is 0 Å². The minimum Gasteiger partial charge on any atom is -0.466 e. The Kier molecular flexibility index (Phi) is 8.02. The molecule has 112 valence electrons. The second-order valence-electron chi connectivity index (χ2n) is 5.30. The number of hydrogen-bond acceptors (Lipinski definition) is 5. The minimum absolute atomic E-state index is 0.0677. The molecular weight excluding hydrogens is 242 g/mol. The number of carbonyl (C=O) groups is 1. The third-order valence-electron chi connectivity index (χ3n) is 3.71. The standard InChI is InChI=1S/C14H29N3O2/c1-3-19-14(18)7-5-4-6-8-17-10-9-16(2)12-13(17)11-15/h13H,3-12,15H2,1-2H3. The third kappa shape index (κ3) is 6.36. The van der Waals surface area contributed by atoms with Crippen LogP contribution in [0.3, 0.4) is 0 Å². The molecule has 2 N–H and O–H groups in total. The van der Waals surface area contributed by atoms with Crippen molar-refractivity contribution in [2.45, 2.75) is 38.6 Å². The van der Waals surface area contributed by atoms with E-state index in [0.717, 1.165) is 52.0 Å². The highest BCUT2D eigenvalue weighted by Gasteiger charge is 2.23. The van der Waals surface area contributed by atoms with Crippen LogP contribution in [-0.2, 0) is 9.53 Å². The number of rotatable bonds is 8. The van der Waals surface area contributed by atoms with Gasteiger partial charge in [0.05, 0.1) is 6.61 Å². The largest absolute Gasteiger partial charge is 0.466 e. The van der Waals surface area contributed by atoms with Crippen LogP contribution in [-0.4, -0.2) is 68.2 Å². The zero-order valence-corrected chi connectivity index (χ0v) is 12.4. The normalized spacial score (nSPS) is 21.5. The van der Waals surface area contributed by atoms with E-state index in [9.17, 15) is 4.79 Å². The van der Waals surface area contributed by atoms with Crippen molar-refractivity contribution in [1.29, 1.82) is 0 Å². The Hall–Kier alpha value is -0.650. The molecule has 19 heavy (non-hydrogen) atoms. The summed E-state index contributed by atoms with van der Waals surface area (Å²) in [5.41, 5.74) is 5.83. The van der Waals surface area contributed by atoms with E-state index in [1.165, 1.54) is 0 Å². The van der Waals surface area contributed by atoms with Crippen molar-refractivity contribution < 1.29 is 9.53 Å². The van der Waals surface area contributed by atoms with Gasteiger partial charge in [0.1, 0.15) is 0 Å². The lowest BCUT2D eigenvalue weighted by atomic mass is 10.1. The molecule has 0 aromatic carbocycles. The van der Waals surface area contributed by atoms with E-state index in [-0.39, 0.29) is 5.97 Å². The Morgan fingerprint density at radius 3 is 2.79 bits per heavy atom. The molecule has 0 aliphatic carbocycles. The highest BCUT2D eigenvalue weighted by molar-refractivity contribution is 5.69. The summed E-state index contributed by atoms with van der Waals surface area (Å²) >= 11 is 0. The van der Waals surface area contributed by atoms with E-state index in [4.69, 9.17) is 10.5 Å². The van der Waals surface area contributed by atoms with Crippen LogP contribution in [0.1, 0.15) is 32.6 Å². The van der Waals surface area contributed by atoms with Crippen LogP contribution in [0.2, 0.25) is 0 Å². The monoisotopic (exact) mass is 271 g/mol. The van der Waals surface area contributed by atoms with Crippen molar-refractivity contribution in [2.75, 3.05) is 46.4 Å². The maximum absolute atomic E-state index is 11.2. The summed E-state index contributed by atoms with van der Waals surface area (Å²) in [6.45, 7) is 7.46. The number of unbranched alkanes of at least 4 members (excludes halogenated alkanes) is 2. The number of ether oxygens (including phenoxy) is 1. The maximum Gasteiger partial charge on any atom is 0.305 e. The number of nitrogens with zero attached hydrogens (tertiary/aromatic N) is 2.